The first-order valence-corrected chi connectivity index (χ1v) is 7.49. The Morgan fingerprint density at radius 3 is 2.33 bits per heavy atom. The van der Waals surface area contributed by atoms with Crippen molar-refractivity contribution < 1.29 is 4.74 Å². The van der Waals surface area contributed by atoms with Crippen LogP contribution < -0.4 is 5.32 Å². The van der Waals surface area contributed by atoms with Gasteiger partial charge in [0.1, 0.15) is 0 Å². The van der Waals surface area contributed by atoms with E-state index >= 15 is 0 Å². The van der Waals surface area contributed by atoms with Crippen molar-refractivity contribution >= 4 is 0 Å². The topological polar surface area (TPSA) is 24.5 Å². The van der Waals surface area contributed by atoms with E-state index in [1.807, 2.05) is 7.11 Å². The van der Waals surface area contributed by atoms with Gasteiger partial charge in [0.15, 0.2) is 0 Å². The van der Waals surface area contributed by atoms with E-state index in [0.717, 1.165) is 25.1 Å². The second-order valence-corrected chi connectivity index (χ2v) is 7.11. The van der Waals surface area contributed by atoms with Crippen molar-refractivity contribution in [3.05, 3.63) is 0 Å². The fraction of sp³-hybridized carbons (Fsp3) is 1.00. The van der Waals surface area contributed by atoms with Crippen molar-refractivity contribution in [1.82, 2.24) is 10.2 Å². The van der Waals surface area contributed by atoms with Crippen LogP contribution in [0.15, 0.2) is 0 Å². The zero-order valence-corrected chi connectivity index (χ0v) is 12.5. The smallest absolute Gasteiger partial charge is 0.0630 e. The van der Waals surface area contributed by atoms with E-state index in [1.54, 1.807) is 0 Å². The molecule has 0 aromatic heterocycles. The lowest BCUT2D eigenvalue weighted by Crippen LogP contribution is -2.51. The molecule has 3 heteroatoms. The Labute approximate surface area is 112 Å². The lowest BCUT2D eigenvalue weighted by atomic mass is 10.1. The molecule has 2 aliphatic rings. The van der Waals surface area contributed by atoms with Gasteiger partial charge in [0, 0.05) is 37.8 Å². The Kier molecular flexibility index (Phi) is 4.68. The van der Waals surface area contributed by atoms with Gasteiger partial charge in [-0.3, -0.25) is 4.90 Å². The molecule has 2 aliphatic carbocycles. The molecule has 18 heavy (non-hydrogen) atoms. The van der Waals surface area contributed by atoms with Crippen LogP contribution in [0.1, 0.15) is 46.5 Å². The van der Waals surface area contributed by atoms with Crippen LogP contribution in [0.25, 0.3) is 0 Å². The van der Waals surface area contributed by atoms with E-state index in [2.05, 4.69) is 31.0 Å². The minimum absolute atomic E-state index is 0.195. The van der Waals surface area contributed by atoms with Gasteiger partial charge in [0.25, 0.3) is 0 Å². The average molecular weight is 254 g/mol. The number of nitrogens with zero attached hydrogens (tertiary/aromatic N) is 1. The summed E-state index contributed by atoms with van der Waals surface area (Å²) < 4.78 is 5.45. The number of methoxy groups -OCH3 is 1. The summed E-state index contributed by atoms with van der Waals surface area (Å²) in [6, 6.07) is 1.38. The van der Waals surface area contributed by atoms with E-state index in [4.69, 9.17) is 4.74 Å². The van der Waals surface area contributed by atoms with Gasteiger partial charge in [0.2, 0.25) is 0 Å². The monoisotopic (exact) mass is 254 g/mol. The van der Waals surface area contributed by atoms with Gasteiger partial charge in [-0.2, -0.15) is 0 Å². The van der Waals surface area contributed by atoms with Gasteiger partial charge in [0.05, 0.1) is 6.61 Å². The molecule has 0 radical (unpaired) electrons. The van der Waals surface area contributed by atoms with Crippen molar-refractivity contribution in [2.24, 2.45) is 5.92 Å². The molecular weight excluding hydrogens is 224 g/mol. The van der Waals surface area contributed by atoms with Gasteiger partial charge >= 0.3 is 0 Å². The Balaban J connectivity index is 1.87. The number of ether oxygens (including phenoxy) is 1. The Morgan fingerprint density at radius 1 is 1.22 bits per heavy atom. The summed E-state index contributed by atoms with van der Waals surface area (Å²) in [6.45, 7) is 9.90. The normalized spacial score (nSPS) is 22.5. The maximum atomic E-state index is 5.45. The zero-order chi connectivity index (χ0) is 13.2. The standard InChI is InChI=1S/C15H30N2O/c1-15(2,3)16-9-14(11-18-4)17(13-7-8-13)10-12-5-6-12/h12-14,16H,5-11H2,1-4H3. The third kappa shape index (κ3) is 4.87. The largest absolute Gasteiger partial charge is 0.383 e. The van der Waals surface area contributed by atoms with Gasteiger partial charge in [-0.1, -0.05) is 0 Å². The fourth-order valence-electron chi connectivity index (χ4n) is 2.49. The van der Waals surface area contributed by atoms with Crippen molar-refractivity contribution in [2.45, 2.75) is 64.1 Å². The van der Waals surface area contributed by atoms with Crippen LogP contribution >= 0.6 is 0 Å². The molecule has 2 saturated carbocycles. The highest BCUT2D eigenvalue weighted by Crippen LogP contribution is 2.36. The zero-order valence-electron chi connectivity index (χ0n) is 12.5. The first kappa shape index (κ1) is 14.3. The Morgan fingerprint density at radius 2 is 1.89 bits per heavy atom. The van der Waals surface area contributed by atoms with E-state index in [1.165, 1.54) is 32.2 Å². The molecule has 3 nitrogen and oxygen atoms in total. The molecule has 2 fully saturated rings. The predicted molar refractivity (Wildman–Crippen MR) is 75.9 cm³/mol. The third-order valence-electron chi connectivity index (χ3n) is 3.88. The number of hydrogen-bond donors (Lipinski definition) is 1. The van der Waals surface area contributed by atoms with E-state index < -0.39 is 0 Å². The van der Waals surface area contributed by atoms with Gasteiger partial charge in [-0.15, -0.1) is 0 Å². The highest BCUT2D eigenvalue weighted by molar-refractivity contribution is 4.93. The van der Waals surface area contributed by atoms with Crippen molar-refractivity contribution in [2.75, 3.05) is 26.8 Å². The minimum Gasteiger partial charge on any atom is -0.383 e. The van der Waals surface area contributed by atoms with Crippen molar-refractivity contribution in [3.63, 3.8) is 0 Å². The summed E-state index contributed by atoms with van der Waals surface area (Å²) in [5, 5.41) is 3.64. The molecule has 0 heterocycles. The molecule has 1 atom stereocenters. The third-order valence-corrected chi connectivity index (χ3v) is 3.88. The maximum Gasteiger partial charge on any atom is 0.0630 e. The van der Waals surface area contributed by atoms with Crippen LogP contribution in [0.2, 0.25) is 0 Å². The molecule has 0 aromatic rings. The molecule has 1 unspecified atom stereocenters. The summed E-state index contributed by atoms with van der Waals surface area (Å²) in [6.07, 6.45) is 5.66. The molecule has 1 N–H and O–H groups in total. The summed E-state index contributed by atoms with van der Waals surface area (Å²) in [7, 11) is 1.83. The Hall–Kier alpha value is -0.120. The summed E-state index contributed by atoms with van der Waals surface area (Å²) in [5.41, 5.74) is 0.195. The maximum absolute atomic E-state index is 5.45. The first-order valence-electron chi connectivity index (χ1n) is 7.49. The van der Waals surface area contributed by atoms with Gasteiger partial charge in [-0.25, -0.2) is 0 Å². The highest BCUT2D eigenvalue weighted by Gasteiger charge is 2.37. The first-order chi connectivity index (χ1) is 8.49. The van der Waals surface area contributed by atoms with Crippen LogP contribution in [0, 0.1) is 5.92 Å². The van der Waals surface area contributed by atoms with Crippen LogP contribution in [0.4, 0.5) is 0 Å². The molecule has 0 aromatic carbocycles. The van der Waals surface area contributed by atoms with E-state index in [-0.39, 0.29) is 5.54 Å². The van der Waals surface area contributed by atoms with Crippen molar-refractivity contribution in [3.8, 4) is 0 Å². The lowest BCUT2D eigenvalue weighted by molar-refractivity contribution is 0.0768. The molecule has 0 aliphatic heterocycles. The fourth-order valence-corrected chi connectivity index (χ4v) is 2.49. The predicted octanol–water partition coefficient (Wildman–Crippen LogP) is 2.26. The molecule has 0 saturated heterocycles. The molecular formula is C15H30N2O. The second-order valence-electron chi connectivity index (χ2n) is 7.11. The minimum atomic E-state index is 0.195. The van der Waals surface area contributed by atoms with Gasteiger partial charge in [-0.05, 0) is 52.4 Å². The quantitative estimate of drug-likeness (QED) is 0.719. The van der Waals surface area contributed by atoms with E-state index in [0.29, 0.717) is 6.04 Å². The summed E-state index contributed by atoms with van der Waals surface area (Å²) in [4.78, 5) is 2.72. The van der Waals surface area contributed by atoms with Crippen LogP contribution in [0.5, 0.6) is 0 Å². The number of nitrogens with one attached hydrogen (secondary N) is 1. The van der Waals surface area contributed by atoms with E-state index in [9.17, 15) is 0 Å². The Bertz CT molecular complexity index is 254. The highest BCUT2D eigenvalue weighted by atomic mass is 16.5. The average Bonchev–Trinajstić information content (AvgIpc) is 3.13. The molecule has 106 valence electrons. The van der Waals surface area contributed by atoms with Crippen molar-refractivity contribution in [1.29, 1.82) is 0 Å². The van der Waals surface area contributed by atoms with Gasteiger partial charge < -0.3 is 10.1 Å². The van der Waals surface area contributed by atoms with Crippen LogP contribution in [-0.4, -0.2) is 49.3 Å². The SMILES string of the molecule is COCC(CNC(C)(C)C)N(CC1CC1)C1CC1. The molecule has 2 rings (SSSR count). The summed E-state index contributed by atoms with van der Waals surface area (Å²) >= 11 is 0. The number of hydrogen-bond acceptors (Lipinski definition) is 3. The second kappa shape index (κ2) is 5.89. The summed E-state index contributed by atoms with van der Waals surface area (Å²) in [5.74, 6) is 0.972. The molecule has 0 spiro atoms. The van der Waals surface area contributed by atoms with Crippen LogP contribution in [0.3, 0.4) is 0 Å². The number of rotatable bonds is 8. The lowest BCUT2D eigenvalue weighted by Gasteiger charge is -2.34. The molecule has 0 amide bonds. The van der Waals surface area contributed by atoms with Crippen LogP contribution in [-0.2, 0) is 4.74 Å². The molecule has 0 bridgehead atoms.